The second-order valence-corrected chi connectivity index (χ2v) is 7.46. The highest BCUT2D eigenvalue weighted by Gasteiger charge is 2.27. The van der Waals surface area contributed by atoms with E-state index in [4.69, 9.17) is 0 Å². The molecule has 1 aromatic heterocycles. The number of aryl methyl sites for hydroxylation is 3. The van der Waals surface area contributed by atoms with Gasteiger partial charge in [-0.3, -0.25) is 14.4 Å². The third-order valence-corrected chi connectivity index (χ3v) is 5.20. The highest BCUT2D eigenvalue weighted by Crippen LogP contribution is 2.21. The van der Waals surface area contributed by atoms with Crippen molar-refractivity contribution in [3.8, 4) is 5.69 Å². The average Bonchev–Trinajstić information content (AvgIpc) is 2.87. The van der Waals surface area contributed by atoms with Gasteiger partial charge in [-0.1, -0.05) is 35.9 Å². The molecule has 0 bridgehead atoms. The summed E-state index contributed by atoms with van der Waals surface area (Å²) in [4.78, 5) is 37.9. The first-order valence-corrected chi connectivity index (χ1v) is 9.80. The van der Waals surface area contributed by atoms with Gasteiger partial charge in [0.2, 0.25) is 11.3 Å². The van der Waals surface area contributed by atoms with Crippen molar-refractivity contribution in [3.63, 3.8) is 0 Å². The first-order valence-electron chi connectivity index (χ1n) is 9.80. The smallest absolute Gasteiger partial charge is 0.276 e. The highest BCUT2D eigenvalue weighted by atomic mass is 16.2. The van der Waals surface area contributed by atoms with Gasteiger partial charge in [-0.15, -0.1) is 0 Å². The van der Waals surface area contributed by atoms with Gasteiger partial charge in [-0.05, 0) is 50.5 Å². The van der Waals surface area contributed by atoms with Gasteiger partial charge in [0.05, 0.1) is 5.69 Å². The second-order valence-electron chi connectivity index (χ2n) is 7.46. The summed E-state index contributed by atoms with van der Waals surface area (Å²) in [6, 6.07) is 15.8. The van der Waals surface area contributed by atoms with Crippen molar-refractivity contribution >= 4 is 17.5 Å². The standard InChI is InChI=1S/C23H22N4O3/c1-14-7-10-17(11-8-14)27-15(2)13-20(28)21(26-27)23(30)25-19-12-9-16-5-3-4-6-18(16)24-22(19)29/h3-8,10-11,13,19H,9,12H2,1-2H3,(H,24,29)(H,25,30). The third-order valence-electron chi connectivity index (χ3n) is 5.20. The molecule has 0 saturated carbocycles. The summed E-state index contributed by atoms with van der Waals surface area (Å²) < 4.78 is 1.55. The fraction of sp³-hybridized carbons (Fsp3) is 0.217. The zero-order chi connectivity index (χ0) is 21.3. The Balaban J connectivity index is 1.59. The first kappa shape index (κ1) is 19.6. The maximum atomic E-state index is 12.8. The minimum absolute atomic E-state index is 0.240. The third kappa shape index (κ3) is 3.87. The summed E-state index contributed by atoms with van der Waals surface area (Å²) in [5.41, 5.74) is 3.49. The molecule has 2 amide bonds. The minimum Gasteiger partial charge on any atom is -0.339 e. The SMILES string of the molecule is Cc1ccc(-n2nc(C(=O)NC3CCc4ccccc4NC3=O)c(=O)cc2C)cc1. The molecule has 152 valence electrons. The van der Waals surface area contributed by atoms with E-state index in [2.05, 4.69) is 15.7 Å². The molecule has 3 aromatic rings. The lowest BCUT2D eigenvalue weighted by atomic mass is 10.1. The number of para-hydroxylation sites is 1. The van der Waals surface area contributed by atoms with Crippen LogP contribution in [0.15, 0.2) is 59.4 Å². The average molecular weight is 402 g/mol. The quantitative estimate of drug-likeness (QED) is 0.704. The topological polar surface area (TPSA) is 93.1 Å². The fourth-order valence-electron chi connectivity index (χ4n) is 3.53. The number of carbonyl (C=O) groups excluding carboxylic acids is 2. The first-order chi connectivity index (χ1) is 14.4. The molecule has 0 saturated heterocycles. The molecule has 7 heteroatoms. The van der Waals surface area contributed by atoms with E-state index in [1.807, 2.05) is 55.5 Å². The van der Waals surface area contributed by atoms with Gasteiger partial charge in [-0.25, -0.2) is 4.68 Å². The summed E-state index contributed by atoms with van der Waals surface area (Å²) >= 11 is 0. The molecule has 0 fully saturated rings. The number of aromatic nitrogens is 2. The predicted octanol–water partition coefficient (Wildman–Crippen LogP) is 2.53. The second kappa shape index (κ2) is 7.94. The Morgan fingerprint density at radius 1 is 1.10 bits per heavy atom. The highest BCUT2D eigenvalue weighted by molar-refractivity contribution is 6.01. The number of fused-ring (bicyclic) bond motifs is 1. The van der Waals surface area contributed by atoms with Crippen molar-refractivity contribution in [3.05, 3.63) is 87.3 Å². The Morgan fingerprint density at radius 2 is 1.83 bits per heavy atom. The number of anilines is 1. The fourth-order valence-corrected chi connectivity index (χ4v) is 3.53. The lowest BCUT2D eigenvalue weighted by Gasteiger charge is -2.16. The zero-order valence-corrected chi connectivity index (χ0v) is 16.8. The molecule has 1 atom stereocenters. The zero-order valence-electron chi connectivity index (χ0n) is 16.8. The van der Waals surface area contributed by atoms with Crippen LogP contribution >= 0.6 is 0 Å². The van der Waals surface area contributed by atoms with Crippen molar-refractivity contribution in [2.24, 2.45) is 0 Å². The molecule has 7 nitrogen and oxygen atoms in total. The predicted molar refractivity (Wildman–Crippen MR) is 114 cm³/mol. The van der Waals surface area contributed by atoms with Crippen LogP contribution < -0.4 is 16.1 Å². The van der Waals surface area contributed by atoms with Crippen molar-refractivity contribution in [1.82, 2.24) is 15.1 Å². The summed E-state index contributed by atoms with van der Waals surface area (Å²) in [7, 11) is 0. The number of nitrogens with one attached hydrogen (secondary N) is 2. The van der Waals surface area contributed by atoms with Crippen LogP contribution in [0.3, 0.4) is 0 Å². The number of benzene rings is 2. The Hall–Kier alpha value is -3.74. The number of nitrogens with zero attached hydrogens (tertiary/aromatic N) is 2. The Kier molecular flexibility index (Phi) is 5.18. The van der Waals surface area contributed by atoms with Crippen LogP contribution in [-0.2, 0) is 11.2 Å². The van der Waals surface area contributed by atoms with Crippen LogP contribution in [0.1, 0.15) is 33.7 Å². The van der Waals surface area contributed by atoms with E-state index in [1.165, 1.54) is 6.07 Å². The summed E-state index contributed by atoms with van der Waals surface area (Å²) in [6.07, 6.45) is 1.07. The van der Waals surface area contributed by atoms with Gasteiger partial charge < -0.3 is 10.6 Å². The van der Waals surface area contributed by atoms with E-state index in [-0.39, 0.29) is 11.6 Å². The Bertz CT molecular complexity index is 1180. The van der Waals surface area contributed by atoms with Gasteiger partial charge in [0.1, 0.15) is 6.04 Å². The molecular weight excluding hydrogens is 380 g/mol. The largest absolute Gasteiger partial charge is 0.339 e. The van der Waals surface area contributed by atoms with E-state index in [1.54, 1.807) is 11.6 Å². The summed E-state index contributed by atoms with van der Waals surface area (Å²) in [5.74, 6) is -0.966. The molecule has 1 aliphatic heterocycles. The van der Waals surface area contributed by atoms with Gasteiger partial charge >= 0.3 is 0 Å². The van der Waals surface area contributed by atoms with Gasteiger partial charge in [0, 0.05) is 17.4 Å². The van der Waals surface area contributed by atoms with Crippen molar-refractivity contribution < 1.29 is 9.59 Å². The Labute approximate surface area is 173 Å². The van der Waals surface area contributed by atoms with E-state index in [0.717, 1.165) is 22.5 Å². The number of hydrogen-bond donors (Lipinski definition) is 2. The maximum absolute atomic E-state index is 12.8. The van der Waals surface area contributed by atoms with Crippen LogP contribution in [0.4, 0.5) is 5.69 Å². The van der Waals surface area contributed by atoms with E-state index in [0.29, 0.717) is 18.5 Å². The van der Waals surface area contributed by atoms with Crippen molar-refractivity contribution in [1.29, 1.82) is 0 Å². The lowest BCUT2D eigenvalue weighted by Crippen LogP contribution is -2.45. The Morgan fingerprint density at radius 3 is 2.60 bits per heavy atom. The van der Waals surface area contributed by atoms with Crippen LogP contribution in [-0.4, -0.2) is 27.6 Å². The van der Waals surface area contributed by atoms with Crippen LogP contribution in [0.2, 0.25) is 0 Å². The lowest BCUT2D eigenvalue weighted by molar-refractivity contribution is -0.118. The number of amides is 2. The molecule has 0 spiro atoms. The molecule has 0 radical (unpaired) electrons. The van der Waals surface area contributed by atoms with Crippen LogP contribution in [0.25, 0.3) is 5.69 Å². The van der Waals surface area contributed by atoms with Gasteiger partial charge in [0.25, 0.3) is 5.91 Å². The monoisotopic (exact) mass is 402 g/mol. The molecule has 0 aliphatic carbocycles. The molecule has 1 aliphatic rings. The maximum Gasteiger partial charge on any atom is 0.276 e. The molecule has 30 heavy (non-hydrogen) atoms. The summed E-state index contributed by atoms with van der Waals surface area (Å²) in [5, 5.41) is 9.80. The van der Waals surface area contributed by atoms with Gasteiger partial charge in [0.15, 0.2) is 5.69 Å². The van der Waals surface area contributed by atoms with Crippen LogP contribution in [0, 0.1) is 13.8 Å². The minimum atomic E-state index is -0.750. The van der Waals surface area contributed by atoms with Crippen molar-refractivity contribution in [2.75, 3.05) is 5.32 Å². The molecule has 2 aromatic carbocycles. The molecule has 2 N–H and O–H groups in total. The molecule has 2 heterocycles. The normalized spacial score (nSPS) is 15.7. The van der Waals surface area contributed by atoms with E-state index in [9.17, 15) is 14.4 Å². The molecular formula is C23H22N4O3. The van der Waals surface area contributed by atoms with Gasteiger partial charge in [-0.2, -0.15) is 5.10 Å². The van der Waals surface area contributed by atoms with Crippen molar-refractivity contribution in [2.45, 2.75) is 32.7 Å². The molecule has 1 unspecified atom stereocenters. The number of rotatable bonds is 3. The van der Waals surface area contributed by atoms with E-state index >= 15 is 0 Å². The number of hydrogen-bond acceptors (Lipinski definition) is 4. The van der Waals surface area contributed by atoms with E-state index < -0.39 is 17.4 Å². The summed E-state index contributed by atoms with van der Waals surface area (Å²) in [6.45, 7) is 3.73. The van der Waals surface area contributed by atoms with Crippen LogP contribution in [0.5, 0.6) is 0 Å². The molecule has 4 rings (SSSR count). The number of carbonyl (C=O) groups is 2.